The molecule has 0 aromatic rings. The molecule has 0 N–H and O–H groups in total. The summed E-state index contributed by atoms with van der Waals surface area (Å²) in [7, 11) is 0. The summed E-state index contributed by atoms with van der Waals surface area (Å²) in [6.45, 7) is 12.2. The maximum Gasteiger partial charge on any atom is -0.0258 e. The van der Waals surface area contributed by atoms with Crippen molar-refractivity contribution in [3.8, 4) is 0 Å². The molecule has 2 fully saturated rings. The van der Waals surface area contributed by atoms with Crippen LogP contribution < -0.4 is 0 Å². The fourth-order valence-electron chi connectivity index (χ4n) is 3.78. The highest BCUT2D eigenvalue weighted by Gasteiger charge is 2.69. The van der Waals surface area contributed by atoms with Crippen LogP contribution in [-0.4, -0.2) is 0 Å². The zero-order chi connectivity index (χ0) is 9.15. The lowest BCUT2D eigenvalue weighted by Crippen LogP contribution is -2.06. The van der Waals surface area contributed by atoms with E-state index in [1.165, 1.54) is 12.8 Å². The maximum absolute atomic E-state index is 2.51. The molecule has 0 aromatic carbocycles. The zero-order valence-electron chi connectivity index (χ0n) is 9.15. The molecule has 0 aromatic heterocycles. The van der Waals surface area contributed by atoms with Crippen molar-refractivity contribution in [3.05, 3.63) is 0 Å². The van der Waals surface area contributed by atoms with Crippen molar-refractivity contribution in [2.24, 2.45) is 28.6 Å². The molecule has 2 saturated carbocycles. The van der Waals surface area contributed by atoms with Gasteiger partial charge in [0, 0.05) is 0 Å². The van der Waals surface area contributed by atoms with E-state index in [2.05, 4.69) is 34.6 Å². The molecule has 0 heterocycles. The smallest absolute Gasteiger partial charge is 0.0258 e. The third kappa shape index (κ3) is 0.843. The highest BCUT2D eigenvalue weighted by Crippen LogP contribution is 2.75. The largest absolute Gasteiger partial charge is 0.0651 e. The first kappa shape index (κ1) is 8.59. The normalized spacial score (nSPS) is 55.2. The van der Waals surface area contributed by atoms with Crippen molar-refractivity contribution in [1.82, 2.24) is 0 Å². The quantitative estimate of drug-likeness (QED) is 0.586. The maximum atomic E-state index is 2.51. The fourth-order valence-corrected chi connectivity index (χ4v) is 3.78. The molecule has 0 spiro atoms. The summed E-state index contributed by atoms with van der Waals surface area (Å²) in [6.07, 6.45) is 2.90. The lowest BCUT2D eigenvalue weighted by atomic mass is 9.93. The standard InChI is InChI=1S/C12H22/c1-6-9-7-12(9,5)10-8(2)11(10,3)4/h8-10H,6-7H2,1-5H3. The van der Waals surface area contributed by atoms with Crippen LogP contribution in [0.15, 0.2) is 0 Å². The van der Waals surface area contributed by atoms with E-state index in [0.717, 1.165) is 23.2 Å². The van der Waals surface area contributed by atoms with Gasteiger partial charge < -0.3 is 0 Å². The molecule has 2 aliphatic carbocycles. The summed E-state index contributed by atoms with van der Waals surface area (Å²) in [5.41, 5.74) is 1.39. The topological polar surface area (TPSA) is 0 Å². The van der Waals surface area contributed by atoms with Crippen LogP contribution in [0.3, 0.4) is 0 Å². The minimum absolute atomic E-state index is 0.651. The molecule has 0 radical (unpaired) electrons. The monoisotopic (exact) mass is 166 g/mol. The Kier molecular flexibility index (Phi) is 1.49. The SMILES string of the molecule is CCC1CC1(C)C1C(C)C1(C)C. The molecule has 4 atom stereocenters. The predicted octanol–water partition coefficient (Wildman–Crippen LogP) is 3.71. The third-order valence-corrected chi connectivity index (χ3v) is 5.03. The lowest BCUT2D eigenvalue weighted by molar-refractivity contribution is 0.364. The molecule has 0 bridgehead atoms. The van der Waals surface area contributed by atoms with Crippen LogP contribution in [0, 0.1) is 28.6 Å². The van der Waals surface area contributed by atoms with Crippen LogP contribution in [0.1, 0.15) is 47.5 Å². The average Bonchev–Trinajstić information content (AvgIpc) is 2.74. The van der Waals surface area contributed by atoms with Gasteiger partial charge >= 0.3 is 0 Å². The van der Waals surface area contributed by atoms with E-state index < -0.39 is 0 Å². The Morgan fingerprint density at radius 1 is 1.25 bits per heavy atom. The summed E-state index contributed by atoms with van der Waals surface area (Å²) < 4.78 is 0. The molecule has 12 heavy (non-hydrogen) atoms. The van der Waals surface area contributed by atoms with E-state index in [1.54, 1.807) is 0 Å². The average molecular weight is 166 g/mol. The van der Waals surface area contributed by atoms with Crippen LogP contribution in [0.4, 0.5) is 0 Å². The second-order valence-corrected chi connectivity index (χ2v) is 5.90. The van der Waals surface area contributed by atoms with Crippen molar-refractivity contribution < 1.29 is 0 Å². The summed E-state index contributed by atoms with van der Waals surface area (Å²) in [6, 6.07) is 0. The Morgan fingerprint density at radius 3 is 2.00 bits per heavy atom. The van der Waals surface area contributed by atoms with Gasteiger partial charge in [0.25, 0.3) is 0 Å². The molecule has 4 unspecified atom stereocenters. The first-order valence-corrected chi connectivity index (χ1v) is 5.44. The van der Waals surface area contributed by atoms with Crippen molar-refractivity contribution in [2.45, 2.75) is 47.5 Å². The fraction of sp³-hybridized carbons (Fsp3) is 1.00. The zero-order valence-corrected chi connectivity index (χ0v) is 9.15. The van der Waals surface area contributed by atoms with Crippen molar-refractivity contribution in [2.75, 3.05) is 0 Å². The van der Waals surface area contributed by atoms with Gasteiger partial charge in [0.2, 0.25) is 0 Å². The first-order valence-electron chi connectivity index (χ1n) is 5.44. The van der Waals surface area contributed by atoms with Crippen LogP contribution in [0.5, 0.6) is 0 Å². The lowest BCUT2D eigenvalue weighted by Gasteiger charge is -2.12. The molecule has 0 nitrogen and oxygen atoms in total. The Balaban J connectivity index is 2.06. The minimum Gasteiger partial charge on any atom is -0.0651 e. The molecule has 0 saturated heterocycles. The second-order valence-electron chi connectivity index (χ2n) is 5.90. The van der Waals surface area contributed by atoms with Gasteiger partial charge in [0.1, 0.15) is 0 Å². The Bertz CT molecular complexity index is 204. The van der Waals surface area contributed by atoms with E-state index in [-0.39, 0.29) is 0 Å². The van der Waals surface area contributed by atoms with Gasteiger partial charge in [-0.05, 0) is 35.0 Å². The highest BCUT2D eigenvalue weighted by molar-refractivity contribution is 5.17. The van der Waals surface area contributed by atoms with Gasteiger partial charge in [-0.25, -0.2) is 0 Å². The Morgan fingerprint density at radius 2 is 1.75 bits per heavy atom. The van der Waals surface area contributed by atoms with E-state index in [9.17, 15) is 0 Å². The molecule has 70 valence electrons. The molecule has 2 aliphatic rings. The van der Waals surface area contributed by atoms with Gasteiger partial charge in [0.05, 0.1) is 0 Å². The summed E-state index contributed by atoms with van der Waals surface area (Å²) in [4.78, 5) is 0. The van der Waals surface area contributed by atoms with Crippen LogP contribution in [0.25, 0.3) is 0 Å². The molecule has 0 amide bonds. The molecule has 0 heteroatoms. The second kappa shape index (κ2) is 2.08. The van der Waals surface area contributed by atoms with Crippen molar-refractivity contribution in [1.29, 1.82) is 0 Å². The van der Waals surface area contributed by atoms with Gasteiger partial charge in [-0.3, -0.25) is 0 Å². The van der Waals surface area contributed by atoms with E-state index in [4.69, 9.17) is 0 Å². The third-order valence-electron chi connectivity index (χ3n) is 5.03. The number of rotatable bonds is 2. The molecular weight excluding hydrogens is 144 g/mol. The highest BCUT2D eigenvalue weighted by atomic mass is 14.7. The first-order chi connectivity index (χ1) is 5.44. The van der Waals surface area contributed by atoms with Crippen molar-refractivity contribution in [3.63, 3.8) is 0 Å². The number of hydrogen-bond donors (Lipinski definition) is 0. The van der Waals surface area contributed by atoms with Crippen molar-refractivity contribution >= 4 is 0 Å². The van der Waals surface area contributed by atoms with Gasteiger partial charge in [-0.1, -0.05) is 41.0 Å². The molecule has 2 rings (SSSR count). The summed E-state index contributed by atoms with van der Waals surface area (Å²) >= 11 is 0. The van der Waals surface area contributed by atoms with Gasteiger partial charge in [-0.15, -0.1) is 0 Å². The van der Waals surface area contributed by atoms with E-state index >= 15 is 0 Å². The van der Waals surface area contributed by atoms with Crippen LogP contribution in [-0.2, 0) is 0 Å². The van der Waals surface area contributed by atoms with Crippen LogP contribution >= 0.6 is 0 Å². The minimum atomic E-state index is 0.651. The molecular formula is C12H22. The molecule has 0 aliphatic heterocycles. The summed E-state index contributed by atoms with van der Waals surface area (Å²) in [5, 5.41) is 0. The van der Waals surface area contributed by atoms with E-state index in [1.807, 2.05) is 0 Å². The number of hydrogen-bond acceptors (Lipinski definition) is 0. The van der Waals surface area contributed by atoms with Gasteiger partial charge in [0.15, 0.2) is 0 Å². The Hall–Kier alpha value is 0. The summed E-state index contributed by atoms with van der Waals surface area (Å²) in [5.74, 6) is 3.04. The van der Waals surface area contributed by atoms with Gasteiger partial charge in [-0.2, -0.15) is 0 Å². The van der Waals surface area contributed by atoms with E-state index in [0.29, 0.717) is 5.41 Å². The Labute approximate surface area is 76.7 Å². The predicted molar refractivity (Wildman–Crippen MR) is 52.9 cm³/mol. The van der Waals surface area contributed by atoms with Crippen LogP contribution in [0.2, 0.25) is 0 Å².